The van der Waals surface area contributed by atoms with Crippen LogP contribution in [0.4, 0.5) is 13.2 Å². The highest BCUT2D eigenvalue weighted by atomic mass is 32.2. The molecular formula is C20H17F3N2OS2. The molecule has 0 aliphatic carbocycles. The quantitative estimate of drug-likeness (QED) is 0.519. The lowest BCUT2D eigenvalue weighted by molar-refractivity contribution is -0.137. The minimum atomic E-state index is -4.37. The summed E-state index contributed by atoms with van der Waals surface area (Å²) >= 11 is 3.11. The normalized spacial score (nSPS) is 11.4. The Hall–Kier alpha value is -2.32. The number of benzene rings is 2. The fourth-order valence-corrected chi connectivity index (χ4v) is 4.16. The number of halogens is 3. The molecule has 8 heteroatoms. The van der Waals surface area contributed by atoms with Crippen molar-refractivity contribution in [2.45, 2.75) is 30.3 Å². The topological polar surface area (TPSA) is 42.0 Å². The lowest BCUT2D eigenvalue weighted by atomic mass is 10.1. The molecule has 3 aromatic rings. The second-order valence-corrected chi connectivity index (χ2v) is 8.10. The van der Waals surface area contributed by atoms with Crippen molar-refractivity contribution in [1.82, 2.24) is 10.3 Å². The largest absolute Gasteiger partial charge is 0.416 e. The fraction of sp³-hybridized carbons (Fsp3) is 0.200. The first-order valence-corrected chi connectivity index (χ1v) is 10.3. The highest BCUT2D eigenvalue weighted by Gasteiger charge is 2.29. The summed E-state index contributed by atoms with van der Waals surface area (Å²) in [5.41, 5.74) is 1.39. The van der Waals surface area contributed by atoms with E-state index in [4.69, 9.17) is 0 Å². The molecule has 0 bridgehead atoms. The lowest BCUT2D eigenvalue weighted by Crippen LogP contribution is -2.23. The minimum Gasteiger partial charge on any atom is -0.348 e. The molecule has 1 N–H and O–H groups in total. The third-order valence-corrected chi connectivity index (χ3v) is 5.84. The second kappa shape index (κ2) is 8.79. The molecule has 0 fully saturated rings. The number of carbonyl (C=O) groups excluding carboxylic acids is 1. The Balaban J connectivity index is 1.62. The first-order valence-electron chi connectivity index (χ1n) is 8.40. The van der Waals surface area contributed by atoms with Gasteiger partial charge in [0, 0.05) is 22.6 Å². The number of hydrogen-bond donors (Lipinski definition) is 1. The molecule has 28 heavy (non-hydrogen) atoms. The van der Waals surface area contributed by atoms with Gasteiger partial charge in [0.05, 0.1) is 21.8 Å². The molecule has 146 valence electrons. The maximum atomic E-state index is 12.6. The summed E-state index contributed by atoms with van der Waals surface area (Å²) in [7, 11) is 0. The average Bonchev–Trinajstić information content (AvgIpc) is 3.09. The van der Waals surface area contributed by atoms with Gasteiger partial charge < -0.3 is 5.32 Å². The minimum absolute atomic E-state index is 0.154. The van der Waals surface area contributed by atoms with Crippen LogP contribution in [0, 0.1) is 6.92 Å². The zero-order valence-corrected chi connectivity index (χ0v) is 16.5. The molecule has 0 unspecified atom stereocenters. The number of thioether (sulfide) groups is 1. The summed E-state index contributed by atoms with van der Waals surface area (Å²) in [6, 6.07) is 12.0. The number of amides is 1. The maximum Gasteiger partial charge on any atom is 0.416 e. The van der Waals surface area contributed by atoms with Crippen LogP contribution in [0.2, 0.25) is 0 Å². The molecule has 2 aromatic carbocycles. The van der Waals surface area contributed by atoms with Gasteiger partial charge in [-0.05, 0) is 36.8 Å². The molecule has 0 spiro atoms. The Bertz CT molecular complexity index is 953. The van der Waals surface area contributed by atoms with Crippen molar-refractivity contribution >= 4 is 29.0 Å². The number of aryl methyl sites for hydroxylation is 1. The summed E-state index contributed by atoms with van der Waals surface area (Å²) < 4.78 is 37.9. The second-order valence-electron chi connectivity index (χ2n) is 6.02. The highest BCUT2D eigenvalue weighted by Crippen LogP contribution is 2.29. The van der Waals surface area contributed by atoms with Crippen molar-refractivity contribution in [3.05, 3.63) is 81.3 Å². The Morgan fingerprint density at radius 3 is 2.50 bits per heavy atom. The molecule has 0 radical (unpaired) electrons. The van der Waals surface area contributed by atoms with Crippen LogP contribution in [0.3, 0.4) is 0 Å². The van der Waals surface area contributed by atoms with Crippen molar-refractivity contribution in [3.63, 3.8) is 0 Å². The summed E-state index contributed by atoms with van der Waals surface area (Å²) in [6.07, 6.45) is -4.37. The van der Waals surface area contributed by atoms with Gasteiger partial charge in [-0.1, -0.05) is 24.3 Å². The first-order chi connectivity index (χ1) is 13.3. The van der Waals surface area contributed by atoms with Gasteiger partial charge in [0.25, 0.3) is 5.91 Å². The van der Waals surface area contributed by atoms with E-state index in [1.165, 1.54) is 23.9 Å². The zero-order valence-electron chi connectivity index (χ0n) is 14.9. The molecule has 1 aromatic heterocycles. The third-order valence-electron chi connectivity index (χ3n) is 3.91. The number of hydrogen-bond acceptors (Lipinski definition) is 4. The van der Waals surface area contributed by atoms with Gasteiger partial charge in [-0.3, -0.25) is 4.79 Å². The van der Waals surface area contributed by atoms with Crippen molar-refractivity contribution < 1.29 is 18.0 Å². The summed E-state index contributed by atoms with van der Waals surface area (Å²) in [5.74, 6) is 0.394. The van der Waals surface area contributed by atoms with Crippen LogP contribution in [0.15, 0.2) is 58.8 Å². The predicted octanol–water partition coefficient (Wildman–Crippen LogP) is 5.69. The number of alkyl halides is 3. The van der Waals surface area contributed by atoms with E-state index in [-0.39, 0.29) is 12.5 Å². The van der Waals surface area contributed by atoms with Crippen LogP contribution < -0.4 is 5.32 Å². The van der Waals surface area contributed by atoms with E-state index < -0.39 is 11.7 Å². The number of aromatic nitrogens is 1. The molecule has 0 saturated heterocycles. The smallest absolute Gasteiger partial charge is 0.348 e. The van der Waals surface area contributed by atoms with E-state index in [0.717, 1.165) is 27.7 Å². The van der Waals surface area contributed by atoms with E-state index in [9.17, 15) is 18.0 Å². The Morgan fingerprint density at radius 1 is 1.14 bits per heavy atom. The maximum absolute atomic E-state index is 12.6. The summed E-state index contributed by atoms with van der Waals surface area (Å²) in [4.78, 5) is 17.8. The standard InChI is InChI=1S/C20H17F3N2OS2/c1-13-25-16(11-27-13)12-28-18-5-3-2-4-17(18)19(26)24-10-14-6-8-15(9-7-14)20(21,22)23/h2-9,11H,10,12H2,1H3,(H,24,26). The Labute approximate surface area is 169 Å². The number of nitrogens with zero attached hydrogens (tertiary/aromatic N) is 1. The lowest BCUT2D eigenvalue weighted by Gasteiger charge is -2.11. The van der Waals surface area contributed by atoms with Gasteiger partial charge >= 0.3 is 6.18 Å². The van der Waals surface area contributed by atoms with E-state index in [2.05, 4.69) is 10.3 Å². The van der Waals surface area contributed by atoms with E-state index in [0.29, 0.717) is 16.9 Å². The van der Waals surface area contributed by atoms with E-state index >= 15 is 0 Å². The molecule has 0 saturated carbocycles. The van der Waals surface area contributed by atoms with Gasteiger partial charge in [-0.25, -0.2) is 4.98 Å². The molecule has 1 heterocycles. The van der Waals surface area contributed by atoms with Crippen LogP contribution >= 0.6 is 23.1 Å². The number of nitrogens with one attached hydrogen (secondary N) is 1. The molecule has 0 atom stereocenters. The average molecular weight is 422 g/mol. The number of rotatable bonds is 6. The number of carbonyl (C=O) groups is 1. The predicted molar refractivity (Wildman–Crippen MR) is 105 cm³/mol. The monoisotopic (exact) mass is 422 g/mol. The van der Waals surface area contributed by atoms with Crippen LogP contribution in [-0.4, -0.2) is 10.9 Å². The highest BCUT2D eigenvalue weighted by molar-refractivity contribution is 7.98. The summed E-state index contributed by atoms with van der Waals surface area (Å²) in [6.45, 7) is 2.10. The molecule has 3 rings (SSSR count). The molecule has 1 amide bonds. The first kappa shape index (κ1) is 20.4. The molecule has 0 aliphatic rings. The van der Waals surface area contributed by atoms with Gasteiger partial charge in [0.15, 0.2) is 0 Å². The Kier molecular flexibility index (Phi) is 6.41. The number of thiazole rings is 1. The van der Waals surface area contributed by atoms with Gasteiger partial charge in [-0.15, -0.1) is 23.1 Å². The Morgan fingerprint density at radius 2 is 1.86 bits per heavy atom. The van der Waals surface area contributed by atoms with Crippen molar-refractivity contribution in [3.8, 4) is 0 Å². The molecular weight excluding hydrogens is 405 g/mol. The van der Waals surface area contributed by atoms with Crippen molar-refractivity contribution in [1.29, 1.82) is 0 Å². The van der Waals surface area contributed by atoms with Crippen LogP contribution in [-0.2, 0) is 18.5 Å². The molecule has 3 nitrogen and oxygen atoms in total. The van der Waals surface area contributed by atoms with Gasteiger partial charge in [-0.2, -0.15) is 13.2 Å². The fourth-order valence-electron chi connectivity index (χ4n) is 2.50. The summed E-state index contributed by atoms with van der Waals surface area (Å²) in [5, 5.41) is 5.76. The third kappa shape index (κ3) is 5.36. The van der Waals surface area contributed by atoms with Crippen LogP contribution in [0.5, 0.6) is 0 Å². The van der Waals surface area contributed by atoms with E-state index in [1.54, 1.807) is 23.5 Å². The van der Waals surface area contributed by atoms with Crippen LogP contribution in [0.1, 0.15) is 32.2 Å². The zero-order chi connectivity index (χ0) is 20.1. The van der Waals surface area contributed by atoms with E-state index in [1.807, 2.05) is 24.4 Å². The molecule has 0 aliphatic heterocycles. The SMILES string of the molecule is Cc1nc(CSc2ccccc2C(=O)NCc2ccc(C(F)(F)F)cc2)cs1. The van der Waals surface area contributed by atoms with Crippen molar-refractivity contribution in [2.75, 3.05) is 0 Å². The van der Waals surface area contributed by atoms with Gasteiger partial charge in [0.2, 0.25) is 0 Å². The van der Waals surface area contributed by atoms with Crippen molar-refractivity contribution in [2.24, 2.45) is 0 Å². The van der Waals surface area contributed by atoms with Crippen LogP contribution in [0.25, 0.3) is 0 Å². The van der Waals surface area contributed by atoms with Gasteiger partial charge in [0.1, 0.15) is 0 Å².